The van der Waals surface area contributed by atoms with Gasteiger partial charge in [-0.15, -0.1) is 0 Å². The van der Waals surface area contributed by atoms with E-state index < -0.39 is 16.0 Å². The van der Waals surface area contributed by atoms with Crippen LogP contribution in [0.4, 0.5) is 5.82 Å². The zero-order chi connectivity index (χ0) is 15.7. The van der Waals surface area contributed by atoms with Gasteiger partial charge in [-0.1, -0.05) is 0 Å². The number of carboxylic acids is 1. The number of anilines is 1. The molecule has 2 heterocycles. The third kappa shape index (κ3) is 3.20. The maximum atomic E-state index is 12.1. The van der Waals surface area contributed by atoms with Crippen LogP contribution in [-0.4, -0.2) is 58.1 Å². The minimum Gasteiger partial charge on any atom is -0.476 e. The van der Waals surface area contributed by atoms with Crippen LogP contribution in [0.3, 0.4) is 0 Å². The number of carboxylic acid groups (broad SMARTS) is 1. The average Bonchev–Trinajstić information content (AvgIpc) is 3.33. The molecule has 2 N–H and O–H groups in total. The largest absolute Gasteiger partial charge is 0.476 e. The summed E-state index contributed by atoms with van der Waals surface area (Å²) in [5, 5.41) is 11.8. The van der Waals surface area contributed by atoms with Crippen LogP contribution in [0.5, 0.6) is 0 Å². The summed E-state index contributed by atoms with van der Waals surface area (Å²) < 4.78 is 25.9. The lowest BCUT2D eigenvalue weighted by Gasteiger charge is -2.31. The van der Waals surface area contributed by atoms with Gasteiger partial charge in [-0.2, -0.15) is 0 Å². The zero-order valence-corrected chi connectivity index (χ0v) is 12.8. The van der Waals surface area contributed by atoms with E-state index in [1.807, 2.05) is 0 Å². The first-order chi connectivity index (χ1) is 10.5. The monoisotopic (exact) mass is 326 g/mol. The molecule has 3 rings (SSSR count). The summed E-state index contributed by atoms with van der Waals surface area (Å²) in [7, 11) is -3.09. The average molecular weight is 326 g/mol. The highest BCUT2D eigenvalue weighted by atomic mass is 32.2. The van der Waals surface area contributed by atoms with Gasteiger partial charge >= 0.3 is 5.97 Å². The normalized spacial score (nSPS) is 20.7. The van der Waals surface area contributed by atoms with E-state index in [1.54, 1.807) is 4.31 Å². The van der Waals surface area contributed by atoms with Gasteiger partial charge < -0.3 is 10.4 Å². The summed E-state index contributed by atoms with van der Waals surface area (Å²) in [5.41, 5.74) is -0.101. The van der Waals surface area contributed by atoms with Crippen molar-refractivity contribution in [1.29, 1.82) is 0 Å². The second-order valence-corrected chi connectivity index (χ2v) is 7.87. The summed E-state index contributed by atoms with van der Waals surface area (Å²) in [5.74, 6) is -0.605. The fraction of sp³-hybridized carbons (Fsp3) is 0.615. The highest BCUT2D eigenvalue weighted by Gasteiger charge is 2.41. The summed E-state index contributed by atoms with van der Waals surface area (Å²) in [6, 6.07) is 0.121. The van der Waals surface area contributed by atoms with Gasteiger partial charge in [0.25, 0.3) is 0 Å². The molecule has 2 aliphatic rings. The van der Waals surface area contributed by atoms with Gasteiger partial charge in [-0.25, -0.2) is 27.5 Å². The summed E-state index contributed by atoms with van der Waals surface area (Å²) in [6.07, 6.45) is 5.56. The van der Waals surface area contributed by atoms with E-state index in [2.05, 4.69) is 15.3 Å². The van der Waals surface area contributed by atoms with Crippen molar-refractivity contribution in [3.05, 3.63) is 18.1 Å². The Balaban J connectivity index is 1.54. The number of nitrogens with one attached hydrogen (secondary N) is 1. The van der Waals surface area contributed by atoms with Crippen molar-refractivity contribution in [3.8, 4) is 0 Å². The van der Waals surface area contributed by atoms with Crippen molar-refractivity contribution in [1.82, 2.24) is 14.3 Å². The Hall–Kier alpha value is -1.74. The van der Waals surface area contributed by atoms with Crippen molar-refractivity contribution >= 4 is 21.8 Å². The molecule has 0 spiro atoms. The van der Waals surface area contributed by atoms with Crippen molar-refractivity contribution in [2.45, 2.75) is 37.0 Å². The molecule has 0 amide bonds. The number of rotatable bonds is 5. The molecule has 1 aromatic rings. The molecule has 1 aliphatic carbocycles. The van der Waals surface area contributed by atoms with Gasteiger partial charge in [0.1, 0.15) is 5.82 Å². The van der Waals surface area contributed by atoms with Crippen molar-refractivity contribution in [2.24, 2.45) is 0 Å². The molecule has 0 bridgehead atoms. The first kappa shape index (κ1) is 15.2. The smallest absolute Gasteiger partial charge is 0.356 e. The molecular formula is C13H18N4O4S. The predicted molar refractivity (Wildman–Crippen MR) is 79.2 cm³/mol. The maximum absolute atomic E-state index is 12.1. The molecule has 0 aromatic carbocycles. The lowest BCUT2D eigenvalue weighted by molar-refractivity contribution is 0.0690. The third-order valence-electron chi connectivity index (χ3n) is 3.98. The fourth-order valence-electron chi connectivity index (χ4n) is 2.55. The lowest BCUT2D eigenvalue weighted by atomic mass is 10.1. The Kier molecular flexibility index (Phi) is 4.00. The Bertz CT molecular complexity index is 649. The fourth-order valence-corrected chi connectivity index (χ4v) is 4.43. The third-order valence-corrected chi connectivity index (χ3v) is 6.38. The van der Waals surface area contributed by atoms with Crippen LogP contribution >= 0.6 is 0 Å². The van der Waals surface area contributed by atoms with E-state index in [0.717, 1.165) is 12.8 Å². The molecule has 9 heteroatoms. The van der Waals surface area contributed by atoms with Crippen molar-refractivity contribution in [3.63, 3.8) is 0 Å². The molecule has 1 aromatic heterocycles. The second-order valence-electron chi connectivity index (χ2n) is 5.65. The van der Waals surface area contributed by atoms with E-state index in [-0.39, 0.29) is 17.0 Å². The first-order valence-electron chi connectivity index (χ1n) is 7.27. The van der Waals surface area contributed by atoms with Crippen LogP contribution in [-0.2, 0) is 10.0 Å². The first-order valence-corrected chi connectivity index (χ1v) is 8.78. The molecule has 120 valence electrons. The molecule has 22 heavy (non-hydrogen) atoms. The Labute approximate surface area is 128 Å². The highest BCUT2D eigenvalue weighted by Crippen LogP contribution is 2.32. The van der Waals surface area contributed by atoms with Crippen LogP contribution in [0, 0.1) is 0 Å². The van der Waals surface area contributed by atoms with Gasteiger partial charge in [0.15, 0.2) is 5.69 Å². The van der Waals surface area contributed by atoms with E-state index in [4.69, 9.17) is 5.11 Å². The van der Waals surface area contributed by atoms with Gasteiger partial charge in [0, 0.05) is 19.1 Å². The Morgan fingerprint density at radius 2 is 1.86 bits per heavy atom. The zero-order valence-electron chi connectivity index (χ0n) is 12.0. The summed E-state index contributed by atoms with van der Waals surface area (Å²) in [6.45, 7) is 1.02. The number of aromatic nitrogens is 2. The highest BCUT2D eigenvalue weighted by molar-refractivity contribution is 7.90. The molecule has 1 aliphatic heterocycles. The van der Waals surface area contributed by atoms with Gasteiger partial charge in [0.05, 0.1) is 17.6 Å². The molecule has 1 saturated heterocycles. The number of hydrogen-bond acceptors (Lipinski definition) is 6. The van der Waals surface area contributed by atoms with Crippen molar-refractivity contribution in [2.75, 3.05) is 18.4 Å². The molecule has 8 nitrogen and oxygen atoms in total. The van der Waals surface area contributed by atoms with E-state index in [9.17, 15) is 13.2 Å². The van der Waals surface area contributed by atoms with Gasteiger partial charge in [-0.05, 0) is 25.7 Å². The number of hydrogen-bond donors (Lipinski definition) is 2. The summed E-state index contributed by atoms with van der Waals surface area (Å²) >= 11 is 0. The predicted octanol–water partition coefficient (Wildman–Crippen LogP) is 0.543. The van der Waals surface area contributed by atoms with Gasteiger partial charge in [-0.3, -0.25) is 0 Å². The standard InChI is InChI=1S/C13H18N4O4S/c18-13(19)11-7-15-12(8-14-11)16-9-3-5-17(6-4-9)22(20,21)10-1-2-10/h7-10H,1-6H2,(H,15,16)(H,18,19). The van der Waals surface area contributed by atoms with Crippen LogP contribution in [0.25, 0.3) is 0 Å². The molecule has 1 saturated carbocycles. The van der Waals surface area contributed by atoms with E-state index in [0.29, 0.717) is 31.7 Å². The van der Waals surface area contributed by atoms with E-state index >= 15 is 0 Å². The number of sulfonamides is 1. The second kappa shape index (κ2) is 5.81. The Morgan fingerprint density at radius 1 is 1.18 bits per heavy atom. The molecule has 2 fully saturated rings. The molecule has 0 atom stereocenters. The maximum Gasteiger partial charge on any atom is 0.356 e. The lowest BCUT2D eigenvalue weighted by Crippen LogP contribution is -2.43. The SMILES string of the molecule is O=C(O)c1cnc(NC2CCN(S(=O)(=O)C3CC3)CC2)cn1. The van der Waals surface area contributed by atoms with E-state index in [1.165, 1.54) is 12.4 Å². The number of aromatic carboxylic acids is 1. The number of piperidine rings is 1. The van der Waals surface area contributed by atoms with Crippen LogP contribution in [0.15, 0.2) is 12.4 Å². The molecular weight excluding hydrogens is 308 g/mol. The van der Waals surface area contributed by atoms with Crippen LogP contribution < -0.4 is 5.32 Å². The quantitative estimate of drug-likeness (QED) is 0.812. The number of carbonyl (C=O) groups is 1. The topological polar surface area (TPSA) is 112 Å². The Morgan fingerprint density at radius 3 is 2.36 bits per heavy atom. The number of nitrogens with zero attached hydrogens (tertiary/aromatic N) is 3. The van der Waals surface area contributed by atoms with Crippen LogP contribution in [0.2, 0.25) is 0 Å². The summed E-state index contributed by atoms with van der Waals surface area (Å²) in [4.78, 5) is 18.5. The van der Waals surface area contributed by atoms with Gasteiger partial charge in [0.2, 0.25) is 10.0 Å². The minimum atomic E-state index is -3.09. The molecule has 0 unspecified atom stereocenters. The van der Waals surface area contributed by atoms with Crippen LogP contribution in [0.1, 0.15) is 36.2 Å². The minimum absolute atomic E-state index is 0.101. The molecule has 0 radical (unpaired) electrons. The van der Waals surface area contributed by atoms with Crippen molar-refractivity contribution < 1.29 is 18.3 Å².